The van der Waals surface area contributed by atoms with Crippen LogP contribution in [0.1, 0.15) is 26.0 Å². The van der Waals surface area contributed by atoms with Crippen molar-refractivity contribution < 1.29 is 5.11 Å². The van der Waals surface area contributed by atoms with Crippen molar-refractivity contribution in [2.45, 2.75) is 32.3 Å². The molecular weight excluding hydrogens is 218 g/mol. The van der Waals surface area contributed by atoms with Gasteiger partial charge in [0.2, 0.25) is 0 Å². The second-order valence-electron chi connectivity index (χ2n) is 5.56. The van der Waals surface area contributed by atoms with E-state index in [9.17, 15) is 5.11 Å². The summed E-state index contributed by atoms with van der Waals surface area (Å²) in [4.78, 5) is 4.30. The highest BCUT2D eigenvalue weighted by molar-refractivity contribution is 7.99. The SMILES string of the molecule is CC1(C)CSCC(O)(Cc2ccccn2)C1. The van der Waals surface area contributed by atoms with Crippen LogP contribution in [0.15, 0.2) is 24.4 Å². The monoisotopic (exact) mass is 237 g/mol. The zero-order chi connectivity index (χ0) is 11.6. The van der Waals surface area contributed by atoms with Gasteiger partial charge in [0.1, 0.15) is 0 Å². The number of hydrogen-bond donors (Lipinski definition) is 1. The van der Waals surface area contributed by atoms with Crippen LogP contribution < -0.4 is 0 Å². The van der Waals surface area contributed by atoms with Crippen LogP contribution in [0.25, 0.3) is 0 Å². The Morgan fingerprint density at radius 3 is 2.81 bits per heavy atom. The van der Waals surface area contributed by atoms with Gasteiger partial charge in [0.05, 0.1) is 5.60 Å². The zero-order valence-electron chi connectivity index (χ0n) is 9.94. The maximum atomic E-state index is 10.6. The fourth-order valence-corrected chi connectivity index (χ4v) is 3.80. The Kier molecular flexibility index (Phi) is 3.27. The Morgan fingerprint density at radius 1 is 1.38 bits per heavy atom. The average molecular weight is 237 g/mol. The molecule has 0 spiro atoms. The van der Waals surface area contributed by atoms with Gasteiger partial charge in [-0.2, -0.15) is 11.8 Å². The van der Waals surface area contributed by atoms with Crippen molar-refractivity contribution in [3.05, 3.63) is 30.1 Å². The van der Waals surface area contributed by atoms with E-state index >= 15 is 0 Å². The Morgan fingerprint density at radius 2 is 2.19 bits per heavy atom. The quantitative estimate of drug-likeness (QED) is 0.858. The Balaban J connectivity index is 2.08. The number of aromatic nitrogens is 1. The Bertz CT molecular complexity index is 352. The molecule has 88 valence electrons. The van der Waals surface area contributed by atoms with Gasteiger partial charge in [-0.15, -0.1) is 0 Å². The minimum Gasteiger partial charge on any atom is -0.389 e. The molecule has 0 aliphatic carbocycles. The molecule has 0 saturated carbocycles. The molecule has 1 N–H and O–H groups in total. The van der Waals surface area contributed by atoms with Gasteiger partial charge in [-0.05, 0) is 29.7 Å². The van der Waals surface area contributed by atoms with E-state index in [0.717, 1.165) is 23.6 Å². The third kappa shape index (κ3) is 2.98. The van der Waals surface area contributed by atoms with Gasteiger partial charge in [0, 0.05) is 24.1 Å². The zero-order valence-corrected chi connectivity index (χ0v) is 10.8. The van der Waals surface area contributed by atoms with Crippen molar-refractivity contribution in [3.8, 4) is 0 Å². The molecule has 0 aromatic carbocycles. The molecule has 1 aliphatic rings. The average Bonchev–Trinajstić information content (AvgIpc) is 2.16. The fourth-order valence-electron chi connectivity index (χ4n) is 2.46. The van der Waals surface area contributed by atoms with Crippen molar-refractivity contribution in [1.29, 1.82) is 0 Å². The summed E-state index contributed by atoms with van der Waals surface area (Å²) in [7, 11) is 0. The van der Waals surface area contributed by atoms with Crippen LogP contribution in [0.4, 0.5) is 0 Å². The topological polar surface area (TPSA) is 33.1 Å². The van der Waals surface area contributed by atoms with E-state index in [0.29, 0.717) is 6.42 Å². The predicted octanol–water partition coefficient (Wildman–Crippen LogP) is 2.52. The van der Waals surface area contributed by atoms with Crippen molar-refractivity contribution in [1.82, 2.24) is 4.98 Å². The van der Waals surface area contributed by atoms with Crippen LogP contribution in [0.2, 0.25) is 0 Å². The van der Waals surface area contributed by atoms with Crippen LogP contribution in [0.3, 0.4) is 0 Å². The predicted molar refractivity (Wildman–Crippen MR) is 68.6 cm³/mol. The van der Waals surface area contributed by atoms with Crippen LogP contribution in [-0.2, 0) is 6.42 Å². The van der Waals surface area contributed by atoms with Gasteiger partial charge in [0.25, 0.3) is 0 Å². The highest BCUT2D eigenvalue weighted by Gasteiger charge is 2.39. The molecule has 1 fully saturated rings. The normalized spacial score (nSPS) is 28.9. The summed E-state index contributed by atoms with van der Waals surface area (Å²) in [5.41, 5.74) is 0.635. The third-order valence-electron chi connectivity index (χ3n) is 2.91. The summed E-state index contributed by atoms with van der Waals surface area (Å²) in [5, 5.41) is 10.6. The molecule has 1 aliphatic heterocycles. The summed E-state index contributed by atoms with van der Waals surface area (Å²) in [6, 6.07) is 5.88. The molecule has 1 saturated heterocycles. The van der Waals surface area contributed by atoms with Gasteiger partial charge in [-0.3, -0.25) is 4.98 Å². The second kappa shape index (κ2) is 4.38. The lowest BCUT2D eigenvalue weighted by molar-refractivity contribution is 0.0192. The Labute approximate surface area is 101 Å². The number of aliphatic hydroxyl groups is 1. The largest absolute Gasteiger partial charge is 0.389 e. The van der Waals surface area contributed by atoms with Crippen LogP contribution in [0.5, 0.6) is 0 Å². The van der Waals surface area contributed by atoms with Crippen LogP contribution in [0, 0.1) is 5.41 Å². The molecule has 1 aromatic heterocycles. The van der Waals surface area contributed by atoms with Crippen LogP contribution >= 0.6 is 11.8 Å². The van der Waals surface area contributed by atoms with Crippen molar-refractivity contribution in [3.63, 3.8) is 0 Å². The molecule has 2 nitrogen and oxygen atoms in total. The molecule has 3 heteroatoms. The van der Waals surface area contributed by atoms with Gasteiger partial charge >= 0.3 is 0 Å². The lowest BCUT2D eigenvalue weighted by atomic mass is 9.80. The van der Waals surface area contributed by atoms with Gasteiger partial charge < -0.3 is 5.11 Å². The minimum absolute atomic E-state index is 0.229. The van der Waals surface area contributed by atoms with E-state index in [2.05, 4.69) is 18.8 Å². The molecular formula is C13H19NOS. The molecule has 1 aromatic rings. The first-order valence-corrected chi connectivity index (χ1v) is 6.85. The van der Waals surface area contributed by atoms with E-state index < -0.39 is 5.60 Å². The summed E-state index contributed by atoms with van der Waals surface area (Å²) in [5.74, 6) is 1.96. The Hall–Kier alpha value is -0.540. The number of hydrogen-bond acceptors (Lipinski definition) is 3. The first kappa shape index (κ1) is 11.9. The van der Waals surface area contributed by atoms with Gasteiger partial charge in [-0.25, -0.2) is 0 Å². The van der Waals surface area contributed by atoms with Crippen molar-refractivity contribution in [2.75, 3.05) is 11.5 Å². The molecule has 0 radical (unpaired) electrons. The summed E-state index contributed by atoms with van der Waals surface area (Å²) >= 11 is 1.85. The number of nitrogens with zero attached hydrogens (tertiary/aromatic N) is 1. The van der Waals surface area contributed by atoms with Gasteiger partial charge in [0.15, 0.2) is 0 Å². The van der Waals surface area contributed by atoms with Crippen molar-refractivity contribution >= 4 is 11.8 Å². The number of rotatable bonds is 2. The lowest BCUT2D eigenvalue weighted by Crippen LogP contribution is -2.44. The molecule has 2 rings (SSSR count). The molecule has 2 heterocycles. The van der Waals surface area contributed by atoms with E-state index in [1.54, 1.807) is 6.20 Å². The molecule has 1 unspecified atom stereocenters. The lowest BCUT2D eigenvalue weighted by Gasteiger charge is -2.41. The second-order valence-corrected chi connectivity index (χ2v) is 6.54. The van der Waals surface area contributed by atoms with Gasteiger partial charge in [-0.1, -0.05) is 19.9 Å². The summed E-state index contributed by atoms with van der Waals surface area (Å²) in [6.07, 6.45) is 3.33. The highest BCUT2D eigenvalue weighted by atomic mass is 32.2. The number of pyridine rings is 1. The highest BCUT2D eigenvalue weighted by Crippen LogP contribution is 2.40. The maximum Gasteiger partial charge on any atom is 0.0798 e. The van der Waals surface area contributed by atoms with E-state index in [-0.39, 0.29) is 5.41 Å². The van der Waals surface area contributed by atoms with Crippen LogP contribution in [-0.4, -0.2) is 27.2 Å². The maximum absolute atomic E-state index is 10.6. The minimum atomic E-state index is -0.583. The third-order valence-corrected chi connectivity index (χ3v) is 4.63. The number of thioether (sulfide) groups is 1. The fraction of sp³-hybridized carbons (Fsp3) is 0.615. The standard InChI is InChI=1S/C13H19NOS/c1-12(2)8-13(15,10-16-9-12)7-11-5-3-4-6-14-11/h3-6,15H,7-10H2,1-2H3. The summed E-state index contributed by atoms with van der Waals surface area (Å²) in [6.45, 7) is 4.45. The summed E-state index contributed by atoms with van der Waals surface area (Å²) < 4.78 is 0. The first-order chi connectivity index (χ1) is 7.49. The molecule has 1 atom stereocenters. The first-order valence-electron chi connectivity index (χ1n) is 5.69. The molecule has 0 bridgehead atoms. The molecule has 0 amide bonds. The van der Waals surface area contributed by atoms with E-state index in [1.165, 1.54) is 0 Å². The smallest absolute Gasteiger partial charge is 0.0798 e. The van der Waals surface area contributed by atoms with E-state index in [1.807, 2.05) is 30.0 Å². The van der Waals surface area contributed by atoms with Crippen molar-refractivity contribution in [2.24, 2.45) is 5.41 Å². The molecule has 16 heavy (non-hydrogen) atoms. The van der Waals surface area contributed by atoms with E-state index in [4.69, 9.17) is 0 Å².